The zero-order chi connectivity index (χ0) is 19.6. The number of hydrogen-bond donors (Lipinski definition) is 3. The summed E-state index contributed by atoms with van der Waals surface area (Å²) in [5.74, 6) is -0.237. The summed E-state index contributed by atoms with van der Waals surface area (Å²) in [7, 11) is -3.92. The van der Waals surface area contributed by atoms with Crippen molar-refractivity contribution in [1.29, 1.82) is 0 Å². The highest BCUT2D eigenvalue weighted by Gasteiger charge is 2.32. The van der Waals surface area contributed by atoms with Crippen LogP contribution in [0.15, 0.2) is 58.5 Å². The van der Waals surface area contributed by atoms with Gasteiger partial charge in [0.25, 0.3) is 5.91 Å². The predicted molar refractivity (Wildman–Crippen MR) is 108 cm³/mol. The van der Waals surface area contributed by atoms with Gasteiger partial charge in [-0.15, -0.1) is 0 Å². The van der Waals surface area contributed by atoms with Crippen molar-refractivity contribution in [2.45, 2.75) is 11.8 Å². The number of benzene rings is 2. The maximum Gasteiger partial charge on any atom is 0.279 e. The van der Waals surface area contributed by atoms with Crippen molar-refractivity contribution in [2.75, 3.05) is 16.8 Å². The van der Waals surface area contributed by atoms with Gasteiger partial charge in [0.05, 0.1) is 11.4 Å². The molecule has 10 heteroatoms. The molecule has 1 aliphatic heterocycles. The molecule has 1 amide bonds. The van der Waals surface area contributed by atoms with Crippen molar-refractivity contribution in [3.63, 3.8) is 0 Å². The van der Waals surface area contributed by atoms with Crippen molar-refractivity contribution < 1.29 is 13.2 Å². The molecule has 0 atom stereocenters. The minimum absolute atomic E-state index is 0.0267. The van der Waals surface area contributed by atoms with E-state index in [1.54, 1.807) is 23.1 Å². The van der Waals surface area contributed by atoms with Gasteiger partial charge in [-0.25, -0.2) is 13.6 Å². The second-order valence-corrected chi connectivity index (χ2v) is 7.57. The average molecular weight is 403 g/mol. The molecule has 0 aliphatic carbocycles. The second kappa shape index (κ2) is 7.43. The Balaban J connectivity index is 1.82. The van der Waals surface area contributed by atoms with Crippen molar-refractivity contribution in [3.8, 4) is 0 Å². The Morgan fingerprint density at radius 2 is 1.85 bits per heavy atom. The maximum atomic E-state index is 12.5. The van der Waals surface area contributed by atoms with Gasteiger partial charge >= 0.3 is 0 Å². The molecule has 2 aromatic rings. The van der Waals surface area contributed by atoms with Crippen LogP contribution >= 0.6 is 12.2 Å². The Bertz CT molecular complexity index is 1050. The fourth-order valence-electron chi connectivity index (χ4n) is 2.76. The number of likely N-dealkylation sites (N-methyl/N-ethyl adjacent to an activating group) is 1. The lowest BCUT2D eigenvalue weighted by Crippen LogP contribution is -2.32. The number of amides is 1. The van der Waals surface area contributed by atoms with E-state index in [9.17, 15) is 13.2 Å². The van der Waals surface area contributed by atoms with E-state index in [-0.39, 0.29) is 27.3 Å². The molecule has 1 aliphatic rings. The van der Waals surface area contributed by atoms with Crippen LogP contribution in [0.1, 0.15) is 12.5 Å². The Morgan fingerprint density at radius 1 is 1.19 bits per heavy atom. The number of carbonyl (C=O) groups excluding carboxylic acids is 1. The third kappa shape index (κ3) is 3.82. The van der Waals surface area contributed by atoms with E-state index < -0.39 is 10.0 Å². The quantitative estimate of drug-likeness (QED) is 0.525. The molecule has 0 unspecified atom stereocenters. The number of anilines is 2. The lowest BCUT2D eigenvalue weighted by atomic mass is 10.1. The number of nitrogens with zero attached hydrogens (tertiary/aromatic N) is 2. The standard InChI is InChI=1S/C17H17N5O3S2/c1-2-22-13-9-5-3-7-11(13)15(16(22)23)20-21-17(26)19-12-8-4-6-10-14(12)27(18,24)25/h3-10H,2H2,1H3,(H2,18,24,25)(H2,19,21,26)/b20-15-. The molecule has 0 radical (unpaired) electrons. The first-order valence-corrected chi connectivity index (χ1v) is 9.96. The SMILES string of the molecule is CCN1C(=O)/C(=N\NC(=S)Nc2ccccc2S(N)(=O)=O)c2ccccc21. The van der Waals surface area contributed by atoms with E-state index in [0.29, 0.717) is 12.1 Å². The first-order chi connectivity index (χ1) is 12.8. The van der Waals surface area contributed by atoms with Crippen LogP contribution in [0.25, 0.3) is 0 Å². The van der Waals surface area contributed by atoms with Crippen LogP contribution in [0.5, 0.6) is 0 Å². The number of sulfonamides is 1. The molecule has 2 aromatic carbocycles. The minimum Gasteiger partial charge on any atom is -0.330 e. The fraction of sp³-hybridized carbons (Fsp3) is 0.118. The number of para-hydroxylation sites is 2. The molecule has 8 nitrogen and oxygen atoms in total. The summed E-state index contributed by atoms with van der Waals surface area (Å²) in [6.07, 6.45) is 0. The molecular weight excluding hydrogens is 386 g/mol. The monoisotopic (exact) mass is 403 g/mol. The van der Waals surface area contributed by atoms with E-state index in [4.69, 9.17) is 17.4 Å². The summed E-state index contributed by atoms with van der Waals surface area (Å²) in [6, 6.07) is 13.4. The summed E-state index contributed by atoms with van der Waals surface area (Å²) in [5, 5.41) is 12.1. The van der Waals surface area contributed by atoms with E-state index in [1.807, 2.05) is 25.1 Å². The first kappa shape index (κ1) is 19.0. The summed E-state index contributed by atoms with van der Waals surface area (Å²) < 4.78 is 23.3. The number of thiocarbonyl (C=S) groups is 1. The van der Waals surface area contributed by atoms with Gasteiger partial charge in [0.15, 0.2) is 10.8 Å². The number of hydrazone groups is 1. The largest absolute Gasteiger partial charge is 0.330 e. The lowest BCUT2D eigenvalue weighted by Gasteiger charge is -2.13. The van der Waals surface area contributed by atoms with Crippen molar-refractivity contribution in [3.05, 3.63) is 54.1 Å². The van der Waals surface area contributed by atoms with Crippen LogP contribution in [-0.4, -0.2) is 31.7 Å². The van der Waals surface area contributed by atoms with E-state index in [2.05, 4.69) is 15.8 Å². The van der Waals surface area contributed by atoms with Gasteiger partial charge < -0.3 is 10.2 Å². The number of rotatable bonds is 4. The molecule has 0 spiro atoms. The number of nitrogens with one attached hydrogen (secondary N) is 2. The minimum atomic E-state index is -3.92. The number of primary sulfonamides is 1. The summed E-state index contributed by atoms with van der Waals surface area (Å²) in [5.41, 5.74) is 4.52. The third-order valence-electron chi connectivity index (χ3n) is 3.92. The number of nitrogens with two attached hydrogens (primary N) is 1. The summed E-state index contributed by atoms with van der Waals surface area (Å²) >= 11 is 5.16. The van der Waals surface area contributed by atoms with Crippen LogP contribution < -0.4 is 20.8 Å². The Kier molecular flexibility index (Phi) is 5.22. The predicted octanol–water partition coefficient (Wildman–Crippen LogP) is 1.39. The van der Waals surface area contributed by atoms with Crippen LogP contribution in [0, 0.1) is 0 Å². The normalized spacial score (nSPS) is 15.0. The molecule has 0 fully saturated rings. The first-order valence-electron chi connectivity index (χ1n) is 8.00. The van der Waals surface area contributed by atoms with Gasteiger partial charge in [-0.3, -0.25) is 10.2 Å². The molecule has 0 aromatic heterocycles. The van der Waals surface area contributed by atoms with Gasteiger partial charge in [-0.05, 0) is 37.3 Å². The second-order valence-electron chi connectivity index (χ2n) is 5.63. The molecule has 4 N–H and O–H groups in total. The molecular formula is C17H17N5O3S2. The Morgan fingerprint density at radius 3 is 2.56 bits per heavy atom. The molecule has 0 bridgehead atoms. The van der Waals surface area contributed by atoms with Crippen molar-refractivity contribution in [2.24, 2.45) is 10.2 Å². The van der Waals surface area contributed by atoms with E-state index in [1.165, 1.54) is 12.1 Å². The number of carbonyl (C=O) groups is 1. The zero-order valence-electron chi connectivity index (χ0n) is 14.3. The van der Waals surface area contributed by atoms with Gasteiger partial charge in [-0.2, -0.15) is 5.10 Å². The van der Waals surface area contributed by atoms with Gasteiger partial charge in [0, 0.05) is 12.1 Å². The van der Waals surface area contributed by atoms with Crippen molar-refractivity contribution >= 4 is 50.3 Å². The highest BCUT2D eigenvalue weighted by Crippen LogP contribution is 2.28. The fourth-order valence-corrected chi connectivity index (χ4v) is 3.61. The summed E-state index contributed by atoms with van der Waals surface area (Å²) in [6.45, 7) is 2.39. The number of hydrogen-bond acceptors (Lipinski definition) is 5. The van der Waals surface area contributed by atoms with Crippen LogP contribution in [-0.2, 0) is 14.8 Å². The molecule has 27 heavy (non-hydrogen) atoms. The molecule has 1 heterocycles. The van der Waals surface area contributed by atoms with Crippen LogP contribution in [0.4, 0.5) is 11.4 Å². The Hall–Kier alpha value is -2.82. The van der Waals surface area contributed by atoms with Crippen LogP contribution in [0.3, 0.4) is 0 Å². The smallest absolute Gasteiger partial charge is 0.279 e. The zero-order valence-corrected chi connectivity index (χ0v) is 16.0. The van der Waals surface area contributed by atoms with E-state index in [0.717, 1.165) is 5.69 Å². The Labute approximate surface area is 162 Å². The third-order valence-corrected chi connectivity index (χ3v) is 5.09. The maximum absolute atomic E-state index is 12.5. The summed E-state index contributed by atoms with van der Waals surface area (Å²) in [4.78, 5) is 14.1. The van der Waals surface area contributed by atoms with Gasteiger partial charge in [0.1, 0.15) is 4.90 Å². The molecule has 0 saturated heterocycles. The topological polar surface area (TPSA) is 117 Å². The lowest BCUT2D eigenvalue weighted by molar-refractivity contribution is -0.112. The van der Waals surface area contributed by atoms with Gasteiger partial charge in [0.2, 0.25) is 10.0 Å². The van der Waals surface area contributed by atoms with Gasteiger partial charge in [-0.1, -0.05) is 30.3 Å². The highest BCUT2D eigenvalue weighted by molar-refractivity contribution is 7.89. The molecule has 0 saturated carbocycles. The highest BCUT2D eigenvalue weighted by atomic mass is 32.2. The average Bonchev–Trinajstić information content (AvgIpc) is 2.90. The molecule has 3 rings (SSSR count). The van der Waals surface area contributed by atoms with E-state index >= 15 is 0 Å². The van der Waals surface area contributed by atoms with Crippen LogP contribution in [0.2, 0.25) is 0 Å². The number of fused-ring (bicyclic) bond motifs is 1. The van der Waals surface area contributed by atoms with Crippen molar-refractivity contribution in [1.82, 2.24) is 5.43 Å². The molecule has 140 valence electrons.